The van der Waals surface area contributed by atoms with Crippen molar-refractivity contribution in [3.8, 4) is 5.88 Å². The van der Waals surface area contributed by atoms with Crippen LogP contribution < -0.4 is 10.1 Å². The van der Waals surface area contributed by atoms with Crippen LogP contribution in [0.15, 0.2) is 12.3 Å². The van der Waals surface area contributed by atoms with Crippen LogP contribution in [0.25, 0.3) is 0 Å². The lowest BCUT2D eigenvalue weighted by molar-refractivity contribution is -0.125. The summed E-state index contributed by atoms with van der Waals surface area (Å²) in [7, 11) is 3.01. The molecule has 1 fully saturated rings. The molecule has 0 aliphatic carbocycles. The third-order valence-corrected chi connectivity index (χ3v) is 3.42. The first-order valence-electron chi connectivity index (χ1n) is 6.30. The minimum Gasteiger partial charge on any atom is -0.479 e. The van der Waals surface area contributed by atoms with E-state index in [0.29, 0.717) is 12.1 Å². The summed E-state index contributed by atoms with van der Waals surface area (Å²) in [6.45, 7) is 1.19. The summed E-state index contributed by atoms with van der Waals surface area (Å²) in [5.41, 5.74) is 0.502. The Kier molecular flexibility index (Phi) is 4.31. The Morgan fingerprint density at radius 2 is 2.47 bits per heavy atom. The third kappa shape index (κ3) is 2.84. The number of nitrogens with one attached hydrogen (secondary N) is 1. The number of nitrogens with zero attached hydrogens (tertiary/aromatic N) is 2. The maximum Gasteiger partial charge on any atom is 0.250 e. The number of hydrogen-bond acceptors (Lipinski definition) is 4. The molecule has 5 nitrogen and oxygen atoms in total. The van der Waals surface area contributed by atoms with Crippen LogP contribution in [0, 0.1) is 5.82 Å². The van der Waals surface area contributed by atoms with Crippen molar-refractivity contribution in [2.75, 3.05) is 20.7 Å². The monoisotopic (exact) mass is 267 g/mol. The molecule has 2 rings (SSSR count). The van der Waals surface area contributed by atoms with Crippen LogP contribution in [-0.2, 0) is 11.3 Å². The lowest BCUT2D eigenvalue weighted by Gasteiger charge is -2.23. The second-order valence-corrected chi connectivity index (χ2v) is 4.54. The highest BCUT2D eigenvalue weighted by molar-refractivity contribution is 5.81. The summed E-state index contributed by atoms with van der Waals surface area (Å²) in [4.78, 5) is 17.5. The molecule has 0 spiro atoms. The maximum atomic E-state index is 14.0. The van der Waals surface area contributed by atoms with Crippen LogP contribution in [0.5, 0.6) is 5.88 Å². The van der Waals surface area contributed by atoms with Gasteiger partial charge in [-0.05, 0) is 25.5 Å². The van der Waals surface area contributed by atoms with Crippen molar-refractivity contribution in [3.63, 3.8) is 0 Å². The molecule has 0 radical (unpaired) electrons. The van der Waals surface area contributed by atoms with Crippen molar-refractivity contribution in [1.29, 1.82) is 0 Å². The second-order valence-electron chi connectivity index (χ2n) is 4.54. The number of carbonyl (C=O) groups excluding carboxylic acids is 1. The van der Waals surface area contributed by atoms with E-state index in [1.807, 2.05) is 4.90 Å². The van der Waals surface area contributed by atoms with Crippen molar-refractivity contribution in [3.05, 3.63) is 23.6 Å². The van der Waals surface area contributed by atoms with Crippen molar-refractivity contribution in [1.82, 2.24) is 15.2 Å². The van der Waals surface area contributed by atoms with Gasteiger partial charge in [-0.2, -0.15) is 0 Å². The highest BCUT2D eigenvalue weighted by atomic mass is 19.1. The van der Waals surface area contributed by atoms with Gasteiger partial charge in [0.05, 0.1) is 13.2 Å². The number of ether oxygens (including phenoxy) is 1. The topological polar surface area (TPSA) is 54.5 Å². The van der Waals surface area contributed by atoms with E-state index in [-0.39, 0.29) is 17.8 Å². The predicted molar refractivity (Wildman–Crippen MR) is 68.2 cm³/mol. The van der Waals surface area contributed by atoms with Gasteiger partial charge in [0.2, 0.25) is 11.8 Å². The fourth-order valence-electron chi connectivity index (χ4n) is 2.42. The standard InChI is InChI=1S/C13H18FN3O2/c1-15-12(18)10-4-3-7-17(10)8-9-5-6-16-13(19-2)11(9)14/h5-6,10H,3-4,7-8H2,1-2H3,(H,15,18). The van der Waals surface area contributed by atoms with E-state index in [1.54, 1.807) is 13.1 Å². The van der Waals surface area contributed by atoms with Crippen molar-refractivity contribution in [2.24, 2.45) is 0 Å². The van der Waals surface area contributed by atoms with Gasteiger partial charge >= 0.3 is 0 Å². The molecule has 0 bridgehead atoms. The van der Waals surface area contributed by atoms with Gasteiger partial charge in [0, 0.05) is 25.4 Å². The number of hydrogen-bond donors (Lipinski definition) is 1. The van der Waals surface area contributed by atoms with Gasteiger partial charge in [-0.15, -0.1) is 0 Å². The van der Waals surface area contributed by atoms with Gasteiger partial charge < -0.3 is 10.1 Å². The summed E-state index contributed by atoms with van der Waals surface area (Å²) >= 11 is 0. The molecule has 104 valence electrons. The van der Waals surface area contributed by atoms with Gasteiger partial charge in [-0.25, -0.2) is 9.37 Å². The van der Waals surface area contributed by atoms with Gasteiger partial charge in [-0.1, -0.05) is 0 Å². The third-order valence-electron chi connectivity index (χ3n) is 3.42. The SMILES string of the molecule is CNC(=O)C1CCCN1Cc1ccnc(OC)c1F. The maximum absolute atomic E-state index is 14.0. The van der Waals surface area contributed by atoms with Crippen LogP contribution in [0.4, 0.5) is 4.39 Å². The zero-order valence-electron chi connectivity index (χ0n) is 11.1. The number of carbonyl (C=O) groups is 1. The molecule has 1 N–H and O–H groups in total. The Hall–Kier alpha value is -1.69. The average molecular weight is 267 g/mol. The van der Waals surface area contributed by atoms with E-state index in [0.717, 1.165) is 19.4 Å². The number of likely N-dealkylation sites (tertiary alicyclic amines) is 1. The van der Waals surface area contributed by atoms with Crippen LogP contribution in [-0.4, -0.2) is 42.5 Å². The Morgan fingerprint density at radius 1 is 1.68 bits per heavy atom. The molecule has 1 aromatic rings. The molecule has 0 saturated carbocycles. The number of pyridine rings is 1. The van der Waals surface area contributed by atoms with E-state index in [2.05, 4.69) is 10.3 Å². The van der Waals surface area contributed by atoms with E-state index < -0.39 is 5.82 Å². The van der Waals surface area contributed by atoms with Crippen molar-refractivity contribution in [2.45, 2.75) is 25.4 Å². The summed E-state index contributed by atoms with van der Waals surface area (Å²) in [5, 5.41) is 2.65. The van der Waals surface area contributed by atoms with Crippen molar-refractivity contribution >= 4 is 5.91 Å². The molecule has 1 amide bonds. The molecule has 1 unspecified atom stereocenters. The second kappa shape index (κ2) is 5.97. The Morgan fingerprint density at radius 3 is 3.16 bits per heavy atom. The fourth-order valence-corrected chi connectivity index (χ4v) is 2.42. The quantitative estimate of drug-likeness (QED) is 0.882. The first kappa shape index (κ1) is 13.7. The van der Waals surface area contributed by atoms with Crippen molar-refractivity contribution < 1.29 is 13.9 Å². The molecule has 1 saturated heterocycles. The Balaban J connectivity index is 2.14. The van der Waals surface area contributed by atoms with Crippen LogP contribution in [0.2, 0.25) is 0 Å². The number of methoxy groups -OCH3 is 1. The van der Waals surface area contributed by atoms with Crippen LogP contribution in [0.1, 0.15) is 18.4 Å². The summed E-state index contributed by atoms with van der Waals surface area (Å²) in [6, 6.07) is 1.44. The molecule has 1 aliphatic rings. The number of halogens is 1. The van der Waals surface area contributed by atoms with Gasteiger partial charge in [0.25, 0.3) is 0 Å². The number of likely N-dealkylation sites (N-methyl/N-ethyl adjacent to an activating group) is 1. The van der Waals surface area contributed by atoms with Crippen LogP contribution in [0.3, 0.4) is 0 Å². The first-order chi connectivity index (χ1) is 9.17. The zero-order valence-corrected chi connectivity index (χ0v) is 11.1. The summed E-state index contributed by atoms with van der Waals surface area (Å²) < 4.78 is 18.9. The fraction of sp³-hybridized carbons (Fsp3) is 0.538. The van der Waals surface area contributed by atoms with Gasteiger partial charge in [0.15, 0.2) is 5.82 Å². The molecular formula is C13H18FN3O2. The molecule has 2 heterocycles. The first-order valence-corrected chi connectivity index (χ1v) is 6.30. The lowest BCUT2D eigenvalue weighted by Crippen LogP contribution is -2.41. The zero-order chi connectivity index (χ0) is 13.8. The number of rotatable bonds is 4. The lowest BCUT2D eigenvalue weighted by atomic mass is 10.2. The van der Waals surface area contributed by atoms with Gasteiger partial charge in [0.1, 0.15) is 0 Å². The molecule has 6 heteroatoms. The Bertz CT molecular complexity index is 467. The van der Waals surface area contributed by atoms with E-state index in [9.17, 15) is 9.18 Å². The van der Waals surface area contributed by atoms with Crippen LogP contribution >= 0.6 is 0 Å². The minimum absolute atomic E-state index is 0.00631. The number of amides is 1. The molecule has 19 heavy (non-hydrogen) atoms. The van der Waals surface area contributed by atoms with E-state index >= 15 is 0 Å². The molecule has 0 aromatic carbocycles. The molecule has 1 aliphatic heterocycles. The summed E-state index contributed by atoms with van der Waals surface area (Å²) in [5.74, 6) is -0.473. The van der Waals surface area contributed by atoms with Gasteiger partial charge in [-0.3, -0.25) is 9.69 Å². The van der Waals surface area contributed by atoms with E-state index in [4.69, 9.17) is 4.74 Å². The largest absolute Gasteiger partial charge is 0.479 e. The number of aromatic nitrogens is 1. The smallest absolute Gasteiger partial charge is 0.250 e. The Labute approximate surface area is 111 Å². The van der Waals surface area contributed by atoms with E-state index in [1.165, 1.54) is 13.3 Å². The predicted octanol–water partition coefficient (Wildman–Crippen LogP) is 0.940. The highest BCUT2D eigenvalue weighted by Gasteiger charge is 2.30. The molecular weight excluding hydrogens is 249 g/mol. The molecule has 1 atom stereocenters. The minimum atomic E-state index is -0.451. The summed E-state index contributed by atoms with van der Waals surface area (Å²) in [6.07, 6.45) is 3.27. The molecule has 1 aromatic heterocycles. The highest BCUT2D eigenvalue weighted by Crippen LogP contribution is 2.23. The average Bonchev–Trinajstić information content (AvgIpc) is 2.88. The normalized spacial score (nSPS) is 19.4.